The van der Waals surface area contributed by atoms with Crippen molar-refractivity contribution in [3.63, 3.8) is 0 Å². The highest BCUT2D eigenvalue weighted by Crippen LogP contribution is 2.26. The van der Waals surface area contributed by atoms with Crippen LogP contribution in [-0.2, 0) is 0 Å². The summed E-state index contributed by atoms with van der Waals surface area (Å²) in [5.41, 5.74) is 7.66. The number of hydrogen-bond donors (Lipinski definition) is 2. The van der Waals surface area contributed by atoms with Gasteiger partial charge >= 0.3 is 0 Å². The van der Waals surface area contributed by atoms with E-state index in [9.17, 15) is 0 Å². The maximum atomic E-state index is 5.64. The Labute approximate surface area is 98.2 Å². The molecule has 0 atom stereocenters. The van der Waals surface area contributed by atoms with Gasteiger partial charge in [0.2, 0.25) is 0 Å². The zero-order valence-electron chi connectivity index (χ0n) is 9.91. The normalized spacial score (nSPS) is 17.2. The fourth-order valence-corrected chi connectivity index (χ4v) is 2.50. The smallest absolute Gasteiger partial charge is 0.0341 e. The minimum absolute atomic E-state index is 0.831. The number of anilines is 2. The van der Waals surface area contributed by atoms with Gasteiger partial charge in [-0.05, 0) is 36.6 Å². The molecule has 1 fully saturated rings. The molecule has 0 unspecified atom stereocenters. The van der Waals surface area contributed by atoms with Gasteiger partial charge in [-0.1, -0.05) is 32.1 Å². The highest BCUT2D eigenvalue weighted by atomic mass is 14.9. The monoisotopic (exact) mass is 218 g/mol. The third-order valence-electron chi connectivity index (χ3n) is 3.52. The Bertz CT molecular complexity index is 299. The topological polar surface area (TPSA) is 38.0 Å². The van der Waals surface area contributed by atoms with Crippen LogP contribution >= 0.6 is 0 Å². The molecule has 1 aromatic carbocycles. The first-order valence-corrected chi connectivity index (χ1v) is 6.44. The van der Waals surface area contributed by atoms with Crippen LogP contribution in [0, 0.1) is 5.92 Å². The molecule has 0 saturated heterocycles. The van der Waals surface area contributed by atoms with Gasteiger partial charge in [0.05, 0.1) is 0 Å². The second-order valence-corrected chi connectivity index (χ2v) is 4.84. The molecular weight excluding hydrogens is 196 g/mol. The number of nitrogens with two attached hydrogens (primary N) is 1. The van der Waals surface area contributed by atoms with E-state index in [4.69, 9.17) is 5.73 Å². The van der Waals surface area contributed by atoms with Gasteiger partial charge in [0.1, 0.15) is 0 Å². The van der Waals surface area contributed by atoms with Crippen molar-refractivity contribution in [3.05, 3.63) is 24.3 Å². The lowest BCUT2D eigenvalue weighted by molar-refractivity contribution is 0.345. The molecule has 0 aliphatic heterocycles. The summed E-state index contributed by atoms with van der Waals surface area (Å²) in [4.78, 5) is 0. The van der Waals surface area contributed by atoms with Crippen molar-refractivity contribution in [2.75, 3.05) is 17.6 Å². The van der Waals surface area contributed by atoms with Gasteiger partial charge in [0.25, 0.3) is 0 Å². The van der Waals surface area contributed by atoms with E-state index >= 15 is 0 Å². The molecule has 1 aromatic rings. The lowest BCUT2D eigenvalue weighted by atomic mass is 9.87. The van der Waals surface area contributed by atoms with Crippen LogP contribution in [0.25, 0.3) is 0 Å². The second-order valence-electron chi connectivity index (χ2n) is 4.84. The molecule has 0 radical (unpaired) electrons. The minimum atomic E-state index is 0.831. The summed E-state index contributed by atoms with van der Waals surface area (Å²) in [6, 6.07) is 8.00. The van der Waals surface area contributed by atoms with Gasteiger partial charge in [-0.2, -0.15) is 0 Å². The fraction of sp³-hybridized carbons (Fsp3) is 0.571. The number of rotatable bonds is 4. The van der Waals surface area contributed by atoms with E-state index in [1.807, 2.05) is 12.1 Å². The van der Waals surface area contributed by atoms with Crippen LogP contribution in [0.2, 0.25) is 0 Å². The van der Waals surface area contributed by atoms with Crippen molar-refractivity contribution in [2.24, 2.45) is 5.92 Å². The summed E-state index contributed by atoms with van der Waals surface area (Å²) in [5, 5.41) is 3.46. The third kappa shape index (κ3) is 3.44. The van der Waals surface area contributed by atoms with Crippen molar-refractivity contribution in [1.29, 1.82) is 0 Å². The van der Waals surface area contributed by atoms with E-state index in [1.165, 1.54) is 44.2 Å². The molecule has 88 valence electrons. The summed E-state index contributed by atoms with van der Waals surface area (Å²) in [6.07, 6.45) is 8.50. The van der Waals surface area contributed by atoms with Crippen LogP contribution in [-0.4, -0.2) is 6.54 Å². The average Bonchev–Trinajstić information content (AvgIpc) is 2.33. The van der Waals surface area contributed by atoms with Crippen LogP contribution in [0.15, 0.2) is 24.3 Å². The van der Waals surface area contributed by atoms with E-state index in [1.54, 1.807) is 0 Å². The van der Waals surface area contributed by atoms with E-state index in [0.29, 0.717) is 0 Å². The zero-order valence-corrected chi connectivity index (χ0v) is 9.91. The minimum Gasteiger partial charge on any atom is -0.399 e. The largest absolute Gasteiger partial charge is 0.399 e. The lowest BCUT2D eigenvalue weighted by Crippen LogP contribution is -2.12. The average molecular weight is 218 g/mol. The molecule has 0 heterocycles. The predicted octanol–water partition coefficient (Wildman–Crippen LogP) is 3.65. The number of hydrogen-bond acceptors (Lipinski definition) is 2. The molecule has 16 heavy (non-hydrogen) atoms. The van der Waals surface area contributed by atoms with E-state index in [0.717, 1.165) is 18.2 Å². The van der Waals surface area contributed by atoms with Gasteiger partial charge < -0.3 is 11.1 Å². The predicted molar refractivity (Wildman–Crippen MR) is 70.5 cm³/mol. The Balaban J connectivity index is 1.69. The zero-order chi connectivity index (χ0) is 11.2. The van der Waals surface area contributed by atoms with Crippen LogP contribution in [0.1, 0.15) is 38.5 Å². The molecule has 2 nitrogen and oxygen atoms in total. The highest BCUT2D eigenvalue weighted by molar-refractivity contribution is 5.51. The lowest BCUT2D eigenvalue weighted by Gasteiger charge is -2.21. The molecule has 0 spiro atoms. The van der Waals surface area contributed by atoms with Crippen LogP contribution in [0.3, 0.4) is 0 Å². The first-order valence-electron chi connectivity index (χ1n) is 6.44. The number of benzene rings is 1. The quantitative estimate of drug-likeness (QED) is 0.757. The van der Waals surface area contributed by atoms with Gasteiger partial charge in [-0.3, -0.25) is 0 Å². The standard InChI is InChI=1S/C14H22N2/c15-13-6-8-14(9-7-13)16-11-10-12-4-2-1-3-5-12/h6-9,12,16H,1-5,10-11,15H2. The maximum absolute atomic E-state index is 5.64. The third-order valence-corrected chi connectivity index (χ3v) is 3.52. The SMILES string of the molecule is Nc1ccc(NCCC2CCCCC2)cc1. The fourth-order valence-electron chi connectivity index (χ4n) is 2.50. The Morgan fingerprint density at radius 3 is 2.44 bits per heavy atom. The van der Waals surface area contributed by atoms with E-state index < -0.39 is 0 Å². The Kier molecular flexibility index (Phi) is 4.09. The summed E-state index contributed by atoms with van der Waals surface area (Å²) in [5.74, 6) is 0.954. The molecular formula is C14H22N2. The molecule has 2 rings (SSSR count). The van der Waals surface area contributed by atoms with Crippen LogP contribution in [0.5, 0.6) is 0 Å². The number of nitrogen functional groups attached to an aromatic ring is 1. The number of nitrogens with one attached hydrogen (secondary N) is 1. The maximum Gasteiger partial charge on any atom is 0.0341 e. The van der Waals surface area contributed by atoms with Crippen LogP contribution < -0.4 is 11.1 Å². The molecule has 2 heteroatoms. The molecule has 0 bridgehead atoms. The molecule has 0 amide bonds. The Morgan fingerprint density at radius 1 is 1.06 bits per heavy atom. The van der Waals surface area contributed by atoms with Crippen LogP contribution in [0.4, 0.5) is 11.4 Å². The summed E-state index contributed by atoms with van der Waals surface area (Å²) < 4.78 is 0. The van der Waals surface area contributed by atoms with Gasteiger partial charge in [-0.15, -0.1) is 0 Å². The molecule has 1 saturated carbocycles. The first kappa shape index (κ1) is 11.3. The van der Waals surface area contributed by atoms with E-state index in [2.05, 4.69) is 17.4 Å². The Hall–Kier alpha value is -1.18. The van der Waals surface area contributed by atoms with Gasteiger partial charge in [0.15, 0.2) is 0 Å². The molecule has 1 aliphatic rings. The summed E-state index contributed by atoms with van der Waals surface area (Å²) >= 11 is 0. The van der Waals surface area contributed by atoms with E-state index in [-0.39, 0.29) is 0 Å². The van der Waals surface area contributed by atoms with Crippen molar-refractivity contribution in [2.45, 2.75) is 38.5 Å². The molecule has 1 aliphatic carbocycles. The highest BCUT2D eigenvalue weighted by Gasteiger charge is 2.12. The molecule has 3 N–H and O–H groups in total. The van der Waals surface area contributed by atoms with Crippen molar-refractivity contribution in [1.82, 2.24) is 0 Å². The molecule has 0 aromatic heterocycles. The van der Waals surface area contributed by atoms with Gasteiger partial charge in [-0.25, -0.2) is 0 Å². The van der Waals surface area contributed by atoms with Crippen molar-refractivity contribution < 1.29 is 0 Å². The summed E-state index contributed by atoms with van der Waals surface area (Å²) in [6.45, 7) is 1.09. The van der Waals surface area contributed by atoms with Crippen molar-refractivity contribution >= 4 is 11.4 Å². The van der Waals surface area contributed by atoms with Gasteiger partial charge in [0, 0.05) is 17.9 Å². The summed E-state index contributed by atoms with van der Waals surface area (Å²) in [7, 11) is 0. The first-order chi connectivity index (χ1) is 7.84. The second kappa shape index (κ2) is 5.78. The van der Waals surface area contributed by atoms with Crippen molar-refractivity contribution in [3.8, 4) is 0 Å². The Morgan fingerprint density at radius 2 is 1.75 bits per heavy atom.